The first-order valence-corrected chi connectivity index (χ1v) is 14.1. The number of amides is 2. The van der Waals surface area contributed by atoms with Crippen LogP contribution in [0.25, 0.3) is 6.08 Å². The number of carbonyl (C=O) groups is 4. The molecule has 14 nitrogen and oxygen atoms in total. The van der Waals surface area contributed by atoms with Crippen molar-refractivity contribution in [3.05, 3.63) is 76.1 Å². The van der Waals surface area contributed by atoms with Crippen LogP contribution in [0.5, 0.6) is 0 Å². The molecule has 1 heterocycles. The van der Waals surface area contributed by atoms with Crippen LogP contribution < -0.4 is 5.32 Å². The lowest BCUT2D eigenvalue weighted by molar-refractivity contribution is -0.336. The third-order valence-electron chi connectivity index (χ3n) is 6.96. The van der Waals surface area contributed by atoms with Crippen LogP contribution in [0.4, 0.5) is 8.78 Å². The Bertz CT molecular complexity index is 1460. The summed E-state index contributed by atoms with van der Waals surface area (Å²) in [5.41, 5.74) is 0.216. The molecule has 1 aromatic rings. The highest BCUT2D eigenvalue weighted by Crippen LogP contribution is 2.31. The number of aromatic carboxylic acids is 1. The number of rotatable bonds is 15. The van der Waals surface area contributed by atoms with E-state index < -0.39 is 66.6 Å². The molecule has 1 saturated heterocycles. The number of carboxylic acids is 1. The molecule has 2 amide bonds. The van der Waals surface area contributed by atoms with E-state index in [1.54, 1.807) is 0 Å². The summed E-state index contributed by atoms with van der Waals surface area (Å²) in [6, 6.07) is 4.05. The summed E-state index contributed by atoms with van der Waals surface area (Å²) >= 11 is 0. The Hall–Kier alpha value is -4.16. The van der Waals surface area contributed by atoms with E-state index >= 15 is 0 Å². The second-order valence-corrected chi connectivity index (χ2v) is 10.3. The first-order chi connectivity index (χ1) is 21.9. The molecule has 1 aliphatic heterocycles. The topological polar surface area (TPSA) is 201 Å². The van der Waals surface area contributed by atoms with Gasteiger partial charge < -0.3 is 34.6 Å². The van der Waals surface area contributed by atoms with Crippen molar-refractivity contribution in [1.29, 1.82) is 0 Å². The number of carboxylic acid groups (broad SMARTS) is 1. The van der Waals surface area contributed by atoms with Crippen LogP contribution in [0.2, 0.25) is 0 Å². The number of ketones is 1. The molecular weight excluding hydrogens is 618 g/mol. The van der Waals surface area contributed by atoms with Gasteiger partial charge in [-0.05, 0) is 47.1 Å². The van der Waals surface area contributed by atoms with E-state index in [0.717, 1.165) is 12.2 Å². The van der Waals surface area contributed by atoms with Crippen molar-refractivity contribution < 1.29 is 67.4 Å². The third kappa shape index (κ3) is 9.20. The molecule has 0 bridgehead atoms. The second-order valence-electron chi connectivity index (χ2n) is 10.3. The summed E-state index contributed by atoms with van der Waals surface area (Å²) in [5, 5.41) is 43.0. The fourth-order valence-corrected chi connectivity index (χ4v) is 4.58. The monoisotopic (exact) mass is 650 g/mol. The molecule has 248 valence electrons. The van der Waals surface area contributed by atoms with Crippen molar-refractivity contribution in [1.82, 2.24) is 10.4 Å². The number of nitrogens with one attached hydrogen (secondary N) is 1. The largest absolute Gasteiger partial charge is 0.489 e. The maximum Gasteiger partial charge on any atom is 0.336 e. The summed E-state index contributed by atoms with van der Waals surface area (Å²) in [6.45, 7) is -1.82. The highest BCUT2D eigenvalue weighted by molar-refractivity contribution is 6.00. The zero-order valence-corrected chi connectivity index (χ0v) is 24.3. The van der Waals surface area contributed by atoms with Gasteiger partial charge in [0.2, 0.25) is 0 Å². The molecule has 16 heteroatoms. The molecule has 0 radical (unpaired) electrons. The Morgan fingerprint density at radius 3 is 2.50 bits per heavy atom. The maximum atomic E-state index is 14.3. The van der Waals surface area contributed by atoms with Crippen LogP contribution >= 0.6 is 0 Å². The van der Waals surface area contributed by atoms with Gasteiger partial charge in [0.25, 0.3) is 18.3 Å². The Morgan fingerprint density at radius 1 is 1.07 bits per heavy atom. The average molecular weight is 651 g/mol. The lowest BCUT2D eigenvalue weighted by Crippen LogP contribution is -2.35. The van der Waals surface area contributed by atoms with E-state index in [1.807, 2.05) is 0 Å². The number of aliphatic hydroxyl groups excluding tert-OH is 3. The number of Topliss-reactive ketones (excluding diaryl/α,β-unsaturated/α-hetero) is 1. The predicted molar refractivity (Wildman–Crippen MR) is 151 cm³/mol. The lowest BCUT2D eigenvalue weighted by Gasteiger charge is -2.26. The molecule has 4 unspecified atom stereocenters. The van der Waals surface area contributed by atoms with Gasteiger partial charge in [0, 0.05) is 25.8 Å². The number of hydrogen-bond acceptors (Lipinski definition) is 12. The molecule has 4 rings (SSSR count). The molecule has 2 aliphatic carbocycles. The number of imide groups is 1. The van der Waals surface area contributed by atoms with Crippen molar-refractivity contribution in [2.24, 2.45) is 0 Å². The Morgan fingerprint density at radius 2 is 1.80 bits per heavy atom. The van der Waals surface area contributed by atoms with Gasteiger partial charge in [0.05, 0.1) is 31.8 Å². The highest BCUT2D eigenvalue weighted by Gasteiger charge is 2.33. The standard InChI is InChI=1S/C30H32F2N2O12/c31-21-4-3-19(14-23(21)35)45-25-15-24(36)22(32)13-18(25)11-16-1-2-17(12-20(16)29(40)41)28(39)33-7-8-43-9-10-44-30(42)46-34-26(37)5-6-27(34)38/h1-4,11-13,23,25,28,30,33,35,39,42H,5-10,14-15H2,(H,40,41)/b18-11+. The van der Waals surface area contributed by atoms with Gasteiger partial charge in [-0.1, -0.05) is 12.1 Å². The van der Waals surface area contributed by atoms with Crippen LogP contribution in [0.15, 0.2) is 59.4 Å². The number of halogens is 2. The minimum absolute atomic E-state index is 0.0105. The van der Waals surface area contributed by atoms with Gasteiger partial charge in [-0.25, -0.2) is 18.4 Å². The van der Waals surface area contributed by atoms with Crippen molar-refractivity contribution >= 4 is 29.6 Å². The van der Waals surface area contributed by atoms with Crippen molar-refractivity contribution in [2.75, 3.05) is 26.4 Å². The molecule has 5 N–H and O–H groups in total. The number of carbonyl (C=O) groups excluding carboxylic acids is 3. The SMILES string of the molecule is O=C1CC(OC2=CC=C(F)C(O)C2)/C(=C/c2ccc(C(O)NCCOCCOC(O)ON3C(=O)CCC3=O)cc2C(=O)O)C=C1F. The Kier molecular flexibility index (Phi) is 12.0. The number of ether oxygens (including phenoxy) is 3. The zero-order valence-electron chi connectivity index (χ0n) is 24.3. The quantitative estimate of drug-likeness (QED) is 0.104. The fraction of sp³-hybridized carbons (Fsp3) is 0.400. The molecule has 4 atom stereocenters. The van der Waals surface area contributed by atoms with Crippen LogP contribution in [0.3, 0.4) is 0 Å². The summed E-state index contributed by atoms with van der Waals surface area (Å²) < 4.78 is 43.8. The van der Waals surface area contributed by atoms with E-state index in [9.17, 15) is 48.4 Å². The van der Waals surface area contributed by atoms with E-state index in [4.69, 9.17) is 19.0 Å². The van der Waals surface area contributed by atoms with Gasteiger partial charge in [-0.2, -0.15) is 0 Å². The zero-order chi connectivity index (χ0) is 33.4. The molecule has 0 spiro atoms. The summed E-state index contributed by atoms with van der Waals surface area (Å²) in [6.07, 6.45) is 0.172. The van der Waals surface area contributed by atoms with Gasteiger partial charge in [-0.3, -0.25) is 19.7 Å². The van der Waals surface area contributed by atoms with Gasteiger partial charge >= 0.3 is 5.97 Å². The molecule has 1 aromatic carbocycles. The van der Waals surface area contributed by atoms with Crippen LogP contribution in [-0.2, 0) is 33.4 Å². The first kappa shape index (κ1) is 34.7. The lowest BCUT2D eigenvalue weighted by atomic mass is 9.92. The summed E-state index contributed by atoms with van der Waals surface area (Å²) in [5.74, 6) is -4.99. The van der Waals surface area contributed by atoms with Crippen molar-refractivity contribution in [2.45, 2.75) is 50.6 Å². The smallest absolute Gasteiger partial charge is 0.336 e. The van der Waals surface area contributed by atoms with E-state index in [-0.39, 0.29) is 73.7 Å². The van der Waals surface area contributed by atoms with E-state index in [2.05, 4.69) is 5.32 Å². The van der Waals surface area contributed by atoms with E-state index in [0.29, 0.717) is 5.06 Å². The highest BCUT2D eigenvalue weighted by atomic mass is 19.1. The average Bonchev–Trinajstić information content (AvgIpc) is 3.33. The van der Waals surface area contributed by atoms with E-state index in [1.165, 1.54) is 30.4 Å². The van der Waals surface area contributed by atoms with Crippen LogP contribution in [0, 0.1) is 0 Å². The van der Waals surface area contributed by atoms with Gasteiger partial charge in [0.1, 0.15) is 30.0 Å². The van der Waals surface area contributed by atoms with Crippen LogP contribution in [0.1, 0.15) is 53.4 Å². The molecular formula is C30H32F2N2O12. The Balaban J connectivity index is 1.31. The number of hydroxylamine groups is 2. The van der Waals surface area contributed by atoms with Crippen molar-refractivity contribution in [3.8, 4) is 0 Å². The predicted octanol–water partition coefficient (Wildman–Crippen LogP) is 1.45. The minimum atomic E-state index is -1.85. The van der Waals surface area contributed by atoms with Gasteiger partial charge in [-0.15, -0.1) is 5.06 Å². The number of aliphatic hydroxyl groups is 3. The normalized spacial score (nSPS) is 22.5. The number of allylic oxidation sites excluding steroid dienone is 3. The molecule has 46 heavy (non-hydrogen) atoms. The minimum Gasteiger partial charge on any atom is -0.489 e. The van der Waals surface area contributed by atoms with Crippen LogP contribution in [-0.4, -0.2) is 94.1 Å². The fourth-order valence-electron chi connectivity index (χ4n) is 4.58. The maximum absolute atomic E-state index is 14.3. The molecule has 3 aliphatic rings. The third-order valence-corrected chi connectivity index (χ3v) is 6.96. The molecule has 0 saturated carbocycles. The Labute approximate surface area is 260 Å². The number of nitrogens with zero attached hydrogens (tertiary/aromatic N) is 1. The van der Waals surface area contributed by atoms with Crippen molar-refractivity contribution in [3.63, 3.8) is 0 Å². The number of hydrogen-bond donors (Lipinski definition) is 5. The number of benzene rings is 1. The summed E-state index contributed by atoms with van der Waals surface area (Å²) in [7, 11) is 0. The van der Waals surface area contributed by atoms with Gasteiger partial charge in [0.15, 0.2) is 11.6 Å². The molecule has 1 fully saturated rings. The second kappa shape index (κ2) is 15.9. The summed E-state index contributed by atoms with van der Waals surface area (Å²) in [4.78, 5) is 51.8. The molecule has 0 aromatic heterocycles. The first-order valence-electron chi connectivity index (χ1n) is 14.1.